The minimum absolute atomic E-state index is 0.0459. The Labute approximate surface area is 242 Å². The average Bonchev–Trinajstić information content (AvgIpc) is 3.32. The molecule has 0 spiro atoms. The number of carbonyl (C=O) groups is 1. The molecule has 2 saturated heterocycles. The second-order valence-electron chi connectivity index (χ2n) is 10.6. The fourth-order valence-electron chi connectivity index (χ4n) is 5.93. The van der Waals surface area contributed by atoms with Gasteiger partial charge in [-0.25, -0.2) is 8.42 Å². The number of hydrogen-bond donors (Lipinski definition) is 1. The maximum Gasteiger partial charge on any atom is 0.243 e. The summed E-state index contributed by atoms with van der Waals surface area (Å²) in [6, 6.07) is 12.7. The number of morpholine rings is 1. The summed E-state index contributed by atoms with van der Waals surface area (Å²) in [7, 11) is -1.01. The highest BCUT2D eigenvalue weighted by atomic mass is 32.2. The van der Waals surface area contributed by atoms with Gasteiger partial charge in [0.05, 0.1) is 50.4 Å². The highest BCUT2D eigenvalue weighted by molar-refractivity contribution is 7.89. The molecule has 3 atom stereocenters. The van der Waals surface area contributed by atoms with E-state index in [2.05, 4.69) is 4.90 Å². The number of allylic oxidation sites excluding steroid dienone is 1. The van der Waals surface area contributed by atoms with Crippen molar-refractivity contribution >= 4 is 15.9 Å². The van der Waals surface area contributed by atoms with Crippen LogP contribution in [-0.2, 0) is 19.6 Å². The van der Waals surface area contributed by atoms with Crippen LogP contribution in [0.15, 0.2) is 59.5 Å². The first kappa shape index (κ1) is 29.5. The van der Waals surface area contributed by atoms with Crippen molar-refractivity contribution < 1.29 is 32.5 Å². The number of ether oxygens (including phenoxy) is 3. The fourth-order valence-corrected chi connectivity index (χ4v) is 7.59. The number of rotatable bonds is 9. The molecular formula is C30H39N3O7S. The second kappa shape index (κ2) is 12.9. The van der Waals surface area contributed by atoms with E-state index in [4.69, 9.17) is 14.2 Å². The molecular weight excluding hydrogens is 546 g/mol. The molecule has 3 unspecified atom stereocenters. The Kier molecular flexibility index (Phi) is 9.30. The molecule has 0 aromatic heterocycles. The summed E-state index contributed by atoms with van der Waals surface area (Å²) in [5, 5.41) is 10.2. The van der Waals surface area contributed by atoms with Crippen molar-refractivity contribution in [3.8, 4) is 11.5 Å². The van der Waals surface area contributed by atoms with E-state index in [0.717, 1.165) is 12.1 Å². The lowest BCUT2D eigenvalue weighted by atomic mass is 9.93. The second-order valence-corrected chi connectivity index (χ2v) is 12.5. The SMILES string of the molecule is COc1cc(C2CC=CCN(C(CN3CCC(O)C3)c3ccccc3)C2=O)c(S(=O)(=O)N2CCOCC2)cc1OC. The van der Waals surface area contributed by atoms with Crippen LogP contribution < -0.4 is 9.47 Å². The zero-order valence-corrected chi connectivity index (χ0v) is 24.5. The predicted octanol–water partition coefficient (Wildman–Crippen LogP) is 2.40. The first-order chi connectivity index (χ1) is 19.8. The number of aliphatic hydroxyl groups excluding tert-OH is 1. The van der Waals surface area contributed by atoms with Crippen LogP contribution in [0.2, 0.25) is 0 Å². The van der Waals surface area contributed by atoms with E-state index < -0.39 is 15.9 Å². The van der Waals surface area contributed by atoms with Crippen molar-refractivity contribution in [2.45, 2.75) is 35.8 Å². The first-order valence-corrected chi connectivity index (χ1v) is 15.5. The molecule has 3 aliphatic rings. The van der Waals surface area contributed by atoms with Crippen LogP contribution in [0.4, 0.5) is 0 Å². The topological polar surface area (TPSA) is 109 Å². The summed E-state index contributed by atoms with van der Waals surface area (Å²) in [6.07, 6.45) is 4.60. The van der Waals surface area contributed by atoms with Crippen molar-refractivity contribution in [2.24, 2.45) is 0 Å². The van der Waals surface area contributed by atoms with Gasteiger partial charge in [-0.1, -0.05) is 42.5 Å². The number of aliphatic hydroxyl groups is 1. The molecule has 0 saturated carbocycles. The smallest absolute Gasteiger partial charge is 0.243 e. The van der Waals surface area contributed by atoms with Crippen molar-refractivity contribution in [1.82, 2.24) is 14.1 Å². The summed E-state index contributed by atoms with van der Waals surface area (Å²) in [6.45, 7) is 3.36. The van der Waals surface area contributed by atoms with Crippen LogP contribution in [0.25, 0.3) is 0 Å². The zero-order valence-electron chi connectivity index (χ0n) is 23.6. The summed E-state index contributed by atoms with van der Waals surface area (Å²) in [4.78, 5) is 18.6. The van der Waals surface area contributed by atoms with E-state index in [1.54, 1.807) is 6.07 Å². The quantitative estimate of drug-likeness (QED) is 0.447. The van der Waals surface area contributed by atoms with Crippen LogP contribution in [0, 0.1) is 0 Å². The van der Waals surface area contributed by atoms with Gasteiger partial charge in [-0.15, -0.1) is 0 Å². The van der Waals surface area contributed by atoms with Gasteiger partial charge < -0.3 is 24.2 Å². The number of amides is 1. The third-order valence-electron chi connectivity index (χ3n) is 8.14. The van der Waals surface area contributed by atoms with Crippen molar-refractivity contribution in [3.05, 3.63) is 65.7 Å². The van der Waals surface area contributed by atoms with Crippen molar-refractivity contribution in [1.29, 1.82) is 0 Å². The van der Waals surface area contributed by atoms with Crippen LogP contribution in [0.1, 0.15) is 35.9 Å². The molecule has 0 radical (unpaired) electrons. The van der Waals surface area contributed by atoms with Crippen LogP contribution >= 0.6 is 0 Å². The van der Waals surface area contributed by atoms with Crippen LogP contribution in [0.5, 0.6) is 11.5 Å². The molecule has 1 amide bonds. The first-order valence-electron chi connectivity index (χ1n) is 14.1. The number of methoxy groups -OCH3 is 2. The normalized spacial score (nSPS) is 23.4. The Bertz CT molecular complexity index is 1350. The van der Waals surface area contributed by atoms with E-state index in [9.17, 15) is 18.3 Å². The monoisotopic (exact) mass is 585 g/mol. The lowest BCUT2D eigenvalue weighted by molar-refractivity contribution is -0.135. The minimum Gasteiger partial charge on any atom is -0.493 e. The molecule has 0 bridgehead atoms. The molecule has 2 aromatic rings. The van der Waals surface area contributed by atoms with E-state index in [1.807, 2.05) is 47.4 Å². The van der Waals surface area contributed by atoms with Gasteiger partial charge in [0.1, 0.15) is 0 Å². The zero-order chi connectivity index (χ0) is 29.0. The molecule has 0 aliphatic carbocycles. The van der Waals surface area contributed by atoms with E-state index in [-0.39, 0.29) is 41.8 Å². The van der Waals surface area contributed by atoms with E-state index in [1.165, 1.54) is 24.6 Å². The maximum atomic E-state index is 14.5. The molecule has 1 N–H and O–H groups in total. The number of sulfonamides is 1. The Morgan fingerprint density at radius 1 is 1.02 bits per heavy atom. The Hall–Kier alpha value is -2.96. The fraction of sp³-hybridized carbons (Fsp3) is 0.500. The molecule has 2 aromatic carbocycles. The number of β-amino-alcohol motifs (C(OH)–C–C–N with tert-alkyl or cyclic N) is 1. The number of carbonyl (C=O) groups excluding carboxylic acids is 1. The molecule has 11 heteroatoms. The molecule has 5 rings (SSSR count). The van der Waals surface area contributed by atoms with E-state index >= 15 is 0 Å². The summed E-state index contributed by atoms with van der Waals surface area (Å²) in [5.74, 6) is -0.267. The minimum atomic E-state index is -3.96. The highest BCUT2D eigenvalue weighted by Crippen LogP contribution is 2.41. The van der Waals surface area contributed by atoms with Gasteiger partial charge in [0.25, 0.3) is 0 Å². The standard InChI is InChI=1S/C30H39N3O7S/c1-38-27-18-25(29(19-28(27)39-2)41(36,37)32-14-16-40-17-15-32)24-10-6-7-12-33(30(24)35)26(22-8-4-3-5-9-22)21-31-13-11-23(34)20-31/h3-9,18-19,23-24,26,34H,10-17,20-21H2,1-2H3. The Morgan fingerprint density at radius 2 is 1.73 bits per heavy atom. The van der Waals surface area contributed by atoms with Gasteiger partial charge in [-0.2, -0.15) is 4.31 Å². The highest BCUT2D eigenvalue weighted by Gasteiger charge is 2.38. The largest absolute Gasteiger partial charge is 0.493 e. The lowest BCUT2D eigenvalue weighted by Crippen LogP contribution is -2.43. The van der Waals surface area contributed by atoms with E-state index in [0.29, 0.717) is 57.0 Å². The average molecular weight is 586 g/mol. The number of hydrogen-bond acceptors (Lipinski definition) is 8. The van der Waals surface area contributed by atoms with Gasteiger partial charge >= 0.3 is 0 Å². The number of likely N-dealkylation sites (tertiary alicyclic amines) is 1. The van der Waals surface area contributed by atoms with Gasteiger partial charge in [-0.3, -0.25) is 9.69 Å². The Balaban J connectivity index is 1.57. The summed E-state index contributed by atoms with van der Waals surface area (Å²) >= 11 is 0. The lowest BCUT2D eigenvalue weighted by Gasteiger charge is -2.36. The molecule has 222 valence electrons. The summed E-state index contributed by atoms with van der Waals surface area (Å²) in [5.41, 5.74) is 1.38. The Morgan fingerprint density at radius 3 is 2.39 bits per heavy atom. The molecule has 41 heavy (non-hydrogen) atoms. The third-order valence-corrected chi connectivity index (χ3v) is 10.1. The van der Waals surface area contributed by atoms with Crippen LogP contribution in [-0.4, -0.2) is 106 Å². The summed E-state index contributed by atoms with van der Waals surface area (Å²) < 4.78 is 45.9. The third kappa shape index (κ3) is 6.29. The number of nitrogens with zero attached hydrogens (tertiary/aromatic N) is 3. The van der Waals surface area contributed by atoms with Gasteiger partial charge in [0.2, 0.25) is 15.9 Å². The van der Waals surface area contributed by atoms with Crippen LogP contribution in [0.3, 0.4) is 0 Å². The molecule has 2 fully saturated rings. The molecule has 3 aliphatic heterocycles. The van der Waals surface area contributed by atoms with Gasteiger partial charge in [-0.05, 0) is 30.0 Å². The molecule has 10 nitrogen and oxygen atoms in total. The number of benzene rings is 2. The van der Waals surface area contributed by atoms with Gasteiger partial charge in [0, 0.05) is 45.3 Å². The maximum absolute atomic E-state index is 14.5. The van der Waals surface area contributed by atoms with Crippen molar-refractivity contribution in [3.63, 3.8) is 0 Å². The van der Waals surface area contributed by atoms with Gasteiger partial charge in [0.15, 0.2) is 11.5 Å². The predicted molar refractivity (Wildman–Crippen MR) is 154 cm³/mol. The van der Waals surface area contributed by atoms with Crippen molar-refractivity contribution in [2.75, 3.05) is 66.7 Å². The molecule has 3 heterocycles.